The second kappa shape index (κ2) is 7.96. The Morgan fingerprint density at radius 1 is 0.812 bits per heavy atom. The van der Waals surface area contributed by atoms with Crippen LogP contribution < -0.4 is 10.2 Å². The number of anilines is 1. The molecular formula is C26H25N3O3. The van der Waals surface area contributed by atoms with Crippen LogP contribution in [0.4, 0.5) is 10.5 Å². The van der Waals surface area contributed by atoms with Crippen molar-refractivity contribution in [3.63, 3.8) is 0 Å². The number of para-hydroxylation sites is 2. The molecule has 162 valence electrons. The standard InChI is InChI=1S/C26H25N3O3/c1-15-9-6-7-12-22(15)29-25(31)21(24(30)27-26(29)32)14-20-13-18(4)28(19(20)5)23-16(2)10-8-11-17(23)3/h6-14H,1-5H3,(H,27,30,32)/b21-14+. The SMILES string of the molecule is Cc1ccccc1N1C(=O)NC(=O)/C(=C\c2cc(C)n(-c3c(C)cccc3C)c2C)C1=O. The number of rotatable bonds is 3. The quantitative estimate of drug-likeness (QED) is 0.487. The van der Waals surface area contributed by atoms with Gasteiger partial charge in [-0.15, -0.1) is 0 Å². The summed E-state index contributed by atoms with van der Waals surface area (Å²) in [5, 5.41) is 2.30. The van der Waals surface area contributed by atoms with Crippen LogP contribution in [0.15, 0.2) is 54.1 Å². The molecule has 4 amide bonds. The van der Waals surface area contributed by atoms with Crippen molar-refractivity contribution in [2.45, 2.75) is 34.6 Å². The van der Waals surface area contributed by atoms with E-state index in [0.717, 1.165) is 44.2 Å². The van der Waals surface area contributed by atoms with E-state index in [2.05, 4.69) is 35.9 Å². The Labute approximate surface area is 187 Å². The Balaban J connectivity index is 1.82. The largest absolute Gasteiger partial charge is 0.335 e. The summed E-state index contributed by atoms with van der Waals surface area (Å²) >= 11 is 0. The summed E-state index contributed by atoms with van der Waals surface area (Å²) in [4.78, 5) is 39.4. The summed E-state index contributed by atoms with van der Waals surface area (Å²) in [7, 11) is 0. The van der Waals surface area contributed by atoms with Crippen molar-refractivity contribution >= 4 is 29.6 Å². The number of nitrogens with zero attached hydrogens (tertiary/aromatic N) is 2. The van der Waals surface area contributed by atoms with Gasteiger partial charge in [-0.25, -0.2) is 9.69 Å². The lowest BCUT2D eigenvalue weighted by molar-refractivity contribution is -0.122. The minimum atomic E-state index is -0.743. The van der Waals surface area contributed by atoms with Gasteiger partial charge in [0.15, 0.2) is 0 Å². The third kappa shape index (κ3) is 3.43. The summed E-state index contributed by atoms with van der Waals surface area (Å²) < 4.78 is 2.13. The highest BCUT2D eigenvalue weighted by Crippen LogP contribution is 2.29. The van der Waals surface area contributed by atoms with E-state index in [0.29, 0.717) is 5.69 Å². The zero-order valence-corrected chi connectivity index (χ0v) is 18.8. The molecule has 3 aromatic rings. The number of aryl methyl sites for hydroxylation is 4. The van der Waals surface area contributed by atoms with E-state index >= 15 is 0 Å². The number of hydrogen-bond acceptors (Lipinski definition) is 3. The van der Waals surface area contributed by atoms with Crippen LogP contribution in [0.3, 0.4) is 0 Å². The molecule has 1 saturated heterocycles. The third-order valence-electron chi connectivity index (χ3n) is 5.89. The predicted octanol–water partition coefficient (Wildman–Crippen LogP) is 4.69. The molecule has 0 aliphatic carbocycles. The highest BCUT2D eigenvalue weighted by atomic mass is 16.2. The number of imide groups is 2. The van der Waals surface area contributed by atoms with Gasteiger partial charge in [0.05, 0.1) is 11.4 Å². The fourth-order valence-corrected chi connectivity index (χ4v) is 4.28. The Bertz CT molecular complexity index is 1290. The molecule has 6 nitrogen and oxygen atoms in total. The first-order chi connectivity index (χ1) is 15.2. The van der Waals surface area contributed by atoms with Crippen molar-refractivity contribution in [2.24, 2.45) is 0 Å². The monoisotopic (exact) mass is 427 g/mol. The van der Waals surface area contributed by atoms with Crippen molar-refractivity contribution in [3.05, 3.63) is 87.7 Å². The normalized spacial score (nSPS) is 15.5. The Hall–Kier alpha value is -3.93. The first-order valence-electron chi connectivity index (χ1n) is 10.4. The molecule has 0 spiro atoms. The number of urea groups is 1. The molecule has 6 heteroatoms. The molecule has 0 bridgehead atoms. The van der Waals surface area contributed by atoms with Crippen LogP contribution in [-0.4, -0.2) is 22.4 Å². The van der Waals surface area contributed by atoms with Crippen LogP contribution in [0.1, 0.15) is 33.6 Å². The number of benzene rings is 2. The topological polar surface area (TPSA) is 71.4 Å². The maximum Gasteiger partial charge on any atom is 0.335 e. The molecule has 1 fully saturated rings. The van der Waals surface area contributed by atoms with E-state index in [9.17, 15) is 14.4 Å². The van der Waals surface area contributed by atoms with Crippen molar-refractivity contribution in [2.75, 3.05) is 4.90 Å². The number of carbonyl (C=O) groups excluding carboxylic acids is 3. The molecule has 0 radical (unpaired) electrons. The lowest BCUT2D eigenvalue weighted by atomic mass is 10.1. The van der Waals surface area contributed by atoms with Crippen LogP contribution in [0.5, 0.6) is 0 Å². The van der Waals surface area contributed by atoms with Crippen LogP contribution in [0, 0.1) is 34.6 Å². The molecule has 1 N–H and O–H groups in total. The summed E-state index contributed by atoms with van der Waals surface area (Å²) in [5.41, 5.74) is 7.14. The lowest BCUT2D eigenvalue weighted by Gasteiger charge is -2.27. The second-order valence-corrected chi connectivity index (χ2v) is 8.15. The van der Waals surface area contributed by atoms with Gasteiger partial charge in [-0.1, -0.05) is 36.4 Å². The molecule has 2 heterocycles. The summed E-state index contributed by atoms with van der Waals surface area (Å²) in [5.74, 6) is -1.33. The van der Waals surface area contributed by atoms with Crippen molar-refractivity contribution in [1.29, 1.82) is 0 Å². The van der Waals surface area contributed by atoms with Gasteiger partial charge in [0.2, 0.25) is 0 Å². The molecule has 0 atom stereocenters. The first-order valence-corrected chi connectivity index (χ1v) is 10.4. The number of barbiturate groups is 1. The average molecular weight is 428 g/mol. The summed E-state index contributed by atoms with van der Waals surface area (Å²) in [6.45, 7) is 9.88. The average Bonchev–Trinajstić information content (AvgIpc) is 3.00. The number of aromatic nitrogens is 1. The molecule has 2 aromatic carbocycles. The van der Waals surface area contributed by atoms with Gasteiger partial charge in [-0.05, 0) is 75.1 Å². The first kappa shape index (κ1) is 21.3. The zero-order chi connectivity index (χ0) is 23.2. The van der Waals surface area contributed by atoms with Crippen molar-refractivity contribution in [1.82, 2.24) is 9.88 Å². The van der Waals surface area contributed by atoms with Gasteiger partial charge in [0, 0.05) is 11.4 Å². The highest BCUT2D eigenvalue weighted by Gasteiger charge is 2.37. The van der Waals surface area contributed by atoms with Gasteiger partial charge >= 0.3 is 6.03 Å². The van der Waals surface area contributed by atoms with Gasteiger partial charge in [0.25, 0.3) is 11.8 Å². The molecule has 4 rings (SSSR count). The fraction of sp³-hybridized carbons (Fsp3) is 0.192. The zero-order valence-electron chi connectivity index (χ0n) is 18.8. The molecule has 1 aliphatic rings. The summed E-state index contributed by atoms with van der Waals surface area (Å²) in [6.07, 6.45) is 1.57. The van der Waals surface area contributed by atoms with Crippen molar-refractivity contribution < 1.29 is 14.4 Å². The Morgan fingerprint density at radius 2 is 1.44 bits per heavy atom. The van der Waals surface area contributed by atoms with E-state index < -0.39 is 17.8 Å². The number of hydrogen-bond donors (Lipinski definition) is 1. The van der Waals surface area contributed by atoms with Gasteiger partial charge in [0.1, 0.15) is 5.57 Å². The molecule has 0 saturated carbocycles. The predicted molar refractivity (Wildman–Crippen MR) is 125 cm³/mol. The molecular weight excluding hydrogens is 402 g/mol. The number of nitrogens with one attached hydrogen (secondary N) is 1. The molecule has 1 aromatic heterocycles. The van der Waals surface area contributed by atoms with E-state index in [1.807, 2.05) is 45.0 Å². The van der Waals surface area contributed by atoms with Crippen molar-refractivity contribution in [3.8, 4) is 5.69 Å². The lowest BCUT2D eigenvalue weighted by Crippen LogP contribution is -2.54. The number of carbonyl (C=O) groups is 3. The van der Waals surface area contributed by atoms with Crippen LogP contribution in [0.2, 0.25) is 0 Å². The maximum atomic E-state index is 13.3. The molecule has 32 heavy (non-hydrogen) atoms. The smallest absolute Gasteiger partial charge is 0.317 e. The van der Waals surface area contributed by atoms with E-state index in [4.69, 9.17) is 0 Å². The maximum absolute atomic E-state index is 13.3. The molecule has 1 aliphatic heterocycles. The third-order valence-corrected chi connectivity index (χ3v) is 5.89. The second-order valence-electron chi connectivity index (χ2n) is 8.15. The number of amides is 4. The van der Waals surface area contributed by atoms with Crippen LogP contribution >= 0.6 is 0 Å². The minimum Gasteiger partial charge on any atom is -0.317 e. The molecule has 0 unspecified atom stereocenters. The van der Waals surface area contributed by atoms with E-state index in [1.165, 1.54) is 0 Å². The Morgan fingerprint density at radius 3 is 2.09 bits per heavy atom. The van der Waals surface area contributed by atoms with E-state index in [1.54, 1.807) is 18.2 Å². The van der Waals surface area contributed by atoms with Crippen LogP contribution in [-0.2, 0) is 9.59 Å². The Kier molecular flexibility index (Phi) is 5.30. The minimum absolute atomic E-state index is 0.0744. The highest BCUT2D eigenvalue weighted by molar-refractivity contribution is 6.39. The van der Waals surface area contributed by atoms with Crippen LogP contribution in [0.25, 0.3) is 11.8 Å². The van der Waals surface area contributed by atoms with Gasteiger partial charge in [-0.2, -0.15) is 0 Å². The van der Waals surface area contributed by atoms with Gasteiger partial charge < -0.3 is 4.57 Å². The van der Waals surface area contributed by atoms with Gasteiger partial charge in [-0.3, -0.25) is 14.9 Å². The fourth-order valence-electron chi connectivity index (χ4n) is 4.28. The summed E-state index contributed by atoms with van der Waals surface area (Å²) in [6, 6.07) is 14.4. The van der Waals surface area contributed by atoms with E-state index in [-0.39, 0.29) is 5.57 Å².